The second-order valence-electron chi connectivity index (χ2n) is 6.82. The largest absolute Gasteiger partial charge is 0.489 e. The van der Waals surface area contributed by atoms with Crippen LogP contribution >= 0.6 is 11.6 Å². The maximum atomic E-state index is 12.7. The van der Waals surface area contributed by atoms with Gasteiger partial charge in [0, 0.05) is 29.9 Å². The van der Waals surface area contributed by atoms with Gasteiger partial charge < -0.3 is 10.1 Å². The first-order valence-electron chi connectivity index (χ1n) is 9.25. The van der Waals surface area contributed by atoms with Crippen molar-refractivity contribution in [2.45, 2.75) is 19.4 Å². The molecular weight excluding hydrogens is 360 g/mol. The number of hydrogen-bond donors (Lipinski definition) is 1. The summed E-state index contributed by atoms with van der Waals surface area (Å²) in [7, 11) is 0. The summed E-state index contributed by atoms with van der Waals surface area (Å²) in [5, 5.41) is 3.78. The Balaban J connectivity index is 1.57. The number of rotatable bonds is 7. The molecule has 1 fully saturated rings. The molecule has 1 aliphatic heterocycles. The van der Waals surface area contributed by atoms with Gasteiger partial charge >= 0.3 is 0 Å². The van der Waals surface area contributed by atoms with Gasteiger partial charge in [-0.05, 0) is 49.2 Å². The lowest BCUT2D eigenvalue weighted by Crippen LogP contribution is -2.40. The van der Waals surface area contributed by atoms with E-state index < -0.39 is 0 Å². The number of halogens is 1. The number of anilines is 1. The zero-order valence-corrected chi connectivity index (χ0v) is 16.1. The normalized spacial score (nSPS) is 17.3. The summed E-state index contributed by atoms with van der Waals surface area (Å²) in [4.78, 5) is 15.1. The summed E-state index contributed by atoms with van der Waals surface area (Å²) in [6, 6.07) is 15.4. The molecule has 0 radical (unpaired) electrons. The Morgan fingerprint density at radius 1 is 1.30 bits per heavy atom. The summed E-state index contributed by atoms with van der Waals surface area (Å²) in [5.74, 6) is 0.765. The molecule has 0 aromatic heterocycles. The van der Waals surface area contributed by atoms with Gasteiger partial charge in [-0.3, -0.25) is 9.69 Å². The van der Waals surface area contributed by atoms with E-state index in [1.54, 1.807) is 6.08 Å². The molecule has 1 heterocycles. The SMILES string of the molecule is C=CCOc1cccc(NC(=O)C2CCCN(Cc3cccc(Cl)c3)C2)c1. The second kappa shape index (κ2) is 9.58. The molecule has 142 valence electrons. The van der Waals surface area contributed by atoms with E-state index in [-0.39, 0.29) is 11.8 Å². The molecule has 0 saturated carbocycles. The van der Waals surface area contributed by atoms with Crippen molar-refractivity contribution in [1.82, 2.24) is 4.90 Å². The molecule has 4 nitrogen and oxygen atoms in total. The number of nitrogens with zero attached hydrogens (tertiary/aromatic N) is 1. The summed E-state index contributed by atoms with van der Waals surface area (Å²) in [6.07, 6.45) is 3.62. The molecular formula is C22H25ClN2O2. The van der Waals surface area contributed by atoms with Crippen LogP contribution in [0.25, 0.3) is 0 Å². The lowest BCUT2D eigenvalue weighted by Gasteiger charge is -2.32. The van der Waals surface area contributed by atoms with Gasteiger partial charge in [0.1, 0.15) is 12.4 Å². The number of nitrogens with one attached hydrogen (secondary N) is 1. The van der Waals surface area contributed by atoms with E-state index in [1.165, 1.54) is 5.56 Å². The van der Waals surface area contributed by atoms with Gasteiger partial charge in [0.2, 0.25) is 5.91 Å². The first kappa shape index (κ1) is 19.5. The Kier molecular flexibility index (Phi) is 6.91. The van der Waals surface area contributed by atoms with E-state index in [9.17, 15) is 4.79 Å². The summed E-state index contributed by atoms with van der Waals surface area (Å²) in [5.41, 5.74) is 1.93. The second-order valence-corrected chi connectivity index (χ2v) is 7.26. The third-order valence-electron chi connectivity index (χ3n) is 4.64. The predicted molar refractivity (Wildman–Crippen MR) is 110 cm³/mol. The minimum absolute atomic E-state index is 0.0179. The van der Waals surface area contributed by atoms with Gasteiger partial charge in [-0.25, -0.2) is 0 Å². The lowest BCUT2D eigenvalue weighted by atomic mass is 9.96. The van der Waals surface area contributed by atoms with Gasteiger partial charge in [-0.1, -0.05) is 42.5 Å². The Morgan fingerprint density at radius 3 is 2.96 bits per heavy atom. The maximum Gasteiger partial charge on any atom is 0.228 e. The molecule has 0 spiro atoms. The number of carbonyl (C=O) groups excluding carboxylic acids is 1. The van der Waals surface area contributed by atoms with Gasteiger partial charge in [-0.15, -0.1) is 0 Å². The van der Waals surface area contributed by atoms with Crippen molar-refractivity contribution in [2.24, 2.45) is 5.92 Å². The van der Waals surface area contributed by atoms with Crippen molar-refractivity contribution >= 4 is 23.2 Å². The fourth-order valence-corrected chi connectivity index (χ4v) is 3.58. The van der Waals surface area contributed by atoms with Crippen molar-refractivity contribution in [3.63, 3.8) is 0 Å². The summed E-state index contributed by atoms with van der Waals surface area (Å²) < 4.78 is 5.53. The highest BCUT2D eigenvalue weighted by Gasteiger charge is 2.26. The fourth-order valence-electron chi connectivity index (χ4n) is 3.37. The highest BCUT2D eigenvalue weighted by molar-refractivity contribution is 6.30. The van der Waals surface area contributed by atoms with Crippen molar-refractivity contribution in [2.75, 3.05) is 25.0 Å². The van der Waals surface area contributed by atoms with Crippen LogP contribution in [0.4, 0.5) is 5.69 Å². The van der Waals surface area contributed by atoms with Crippen molar-refractivity contribution in [3.05, 3.63) is 71.8 Å². The van der Waals surface area contributed by atoms with Gasteiger partial charge in [-0.2, -0.15) is 0 Å². The van der Waals surface area contributed by atoms with E-state index in [2.05, 4.69) is 22.9 Å². The molecule has 27 heavy (non-hydrogen) atoms. The van der Waals surface area contributed by atoms with E-state index in [4.69, 9.17) is 16.3 Å². The lowest BCUT2D eigenvalue weighted by molar-refractivity contribution is -0.121. The predicted octanol–water partition coefficient (Wildman–Crippen LogP) is 4.76. The standard InChI is InChI=1S/C22H25ClN2O2/c1-2-12-27-21-10-4-9-20(14-21)24-22(26)18-7-5-11-25(16-18)15-17-6-3-8-19(23)13-17/h2-4,6,8-10,13-14,18H,1,5,7,11-12,15-16H2,(H,24,26). The van der Waals surface area contributed by atoms with Gasteiger partial charge in [0.05, 0.1) is 5.92 Å². The first-order valence-corrected chi connectivity index (χ1v) is 9.63. The molecule has 1 unspecified atom stereocenters. The summed E-state index contributed by atoms with van der Waals surface area (Å²) in [6.45, 7) is 6.66. The van der Waals surface area contributed by atoms with Crippen LogP contribution in [-0.4, -0.2) is 30.5 Å². The average Bonchev–Trinajstić information content (AvgIpc) is 2.67. The van der Waals surface area contributed by atoms with Crippen LogP contribution in [0.15, 0.2) is 61.2 Å². The molecule has 1 aliphatic rings. The molecule has 1 amide bonds. The van der Waals surface area contributed by atoms with Crippen molar-refractivity contribution in [3.8, 4) is 5.75 Å². The first-order chi connectivity index (χ1) is 13.1. The maximum absolute atomic E-state index is 12.7. The fraction of sp³-hybridized carbons (Fsp3) is 0.318. The third kappa shape index (κ3) is 5.84. The van der Waals surface area contributed by atoms with Crippen LogP contribution in [0.3, 0.4) is 0 Å². The highest BCUT2D eigenvalue weighted by atomic mass is 35.5. The van der Waals surface area contributed by atoms with Crippen LogP contribution in [0, 0.1) is 5.92 Å². The number of hydrogen-bond acceptors (Lipinski definition) is 3. The molecule has 2 aromatic carbocycles. The Hall–Kier alpha value is -2.30. The molecule has 5 heteroatoms. The molecule has 1 atom stereocenters. The Labute approximate surface area is 165 Å². The minimum atomic E-state index is -0.0179. The van der Waals surface area contributed by atoms with E-state index >= 15 is 0 Å². The van der Waals surface area contributed by atoms with E-state index in [1.807, 2.05) is 42.5 Å². The minimum Gasteiger partial charge on any atom is -0.489 e. The molecule has 2 aromatic rings. The molecule has 3 rings (SSSR count). The summed E-state index contributed by atoms with van der Waals surface area (Å²) >= 11 is 6.08. The van der Waals surface area contributed by atoms with E-state index in [0.717, 1.165) is 48.9 Å². The number of amides is 1. The van der Waals surface area contributed by atoms with Crippen molar-refractivity contribution in [1.29, 1.82) is 0 Å². The number of benzene rings is 2. The Morgan fingerprint density at radius 2 is 2.15 bits per heavy atom. The van der Waals surface area contributed by atoms with Crippen LogP contribution in [0.2, 0.25) is 5.02 Å². The van der Waals surface area contributed by atoms with Crippen LogP contribution < -0.4 is 10.1 Å². The average molecular weight is 385 g/mol. The van der Waals surface area contributed by atoms with Crippen LogP contribution in [-0.2, 0) is 11.3 Å². The Bertz CT molecular complexity index is 793. The monoisotopic (exact) mass is 384 g/mol. The number of likely N-dealkylation sites (tertiary alicyclic amines) is 1. The topological polar surface area (TPSA) is 41.6 Å². The quantitative estimate of drug-likeness (QED) is 0.700. The van der Waals surface area contributed by atoms with Gasteiger partial charge in [0.25, 0.3) is 0 Å². The van der Waals surface area contributed by atoms with Crippen LogP contribution in [0.5, 0.6) is 5.75 Å². The molecule has 0 aliphatic carbocycles. The highest BCUT2D eigenvalue weighted by Crippen LogP contribution is 2.23. The zero-order valence-electron chi connectivity index (χ0n) is 15.4. The smallest absolute Gasteiger partial charge is 0.228 e. The van der Waals surface area contributed by atoms with Crippen molar-refractivity contribution < 1.29 is 9.53 Å². The molecule has 1 saturated heterocycles. The zero-order chi connectivity index (χ0) is 19.1. The number of ether oxygens (including phenoxy) is 1. The number of carbonyl (C=O) groups is 1. The molecule has 0 bridgehead atoms. The van der Waals surface area contributed by atoms with Gasteiger partial charge in [0.15, 0.2) is 0 Å². The number of piperidine rings is 1. The molecule has 1 N–H and O–H groups in total. The van der Waals surface area contributed by atoms with E-state index in [0.29, 0.717) is 6.61 Å². The van der Waals surface area contributed by atoms with Crippen LogP contribution in [0.1, 0.15) is 18.4 Å². The third-order valence-corrected chi connectivity index (χ3v) is 4.88.